The summed E-state index contributed by atoms with van der Waals surface area (Å²) in [5.41, 5.74) is 0. The van der Waals surface area contributed by atoms with Crippen LogP contribution in [0.25, 0.3) is 0 Å². The molecule has 0 unspecified atom stereocenters. The third-order valence-corrected chi connectivity index (χ3v) is 1.73. The van der Waals surface area contributed by atoms with Gasteiger partial charge in [0.1, 0.15) is 0 Å². The third kappa shape index (κ3) is 4.91. The molecule has 2 N–H and O–H groups in total. The number of amides is 2. The van der Waals surface area contributed by atoms with E-state index in [4.69, 9.17) is 0 Å². The molecule has 0 atom stereocenters. The molecule has 0 aromatic heterocycles. The van der Waals surface area contributed by atoms with Gasteiger partial charge in [-0.05, 0) is 13.8 Å². The molecule has 0 heterocycles. The summed E-state index contributed by atoms with van der Waals surface area (Å²) in [6, 6.07) is -0.927. The summed E-state index contributed by atoms with van der Waals surface area (Å²) in [6.45, 7) is 3.41. The van der Waals surface area contributed by atoms with Crippen LogP contribution in [0.5, 0.6) is 0 Å². The highest BCUT2D eigenvalue weighted by atomic mass is 32.2. The van der Waals surface area contributed by atoms with Gasteiger partial charge < -0.3 is 5.32 Å². The smallest absolute Gasteiger partial charge is 0.335 e. The van der Waals surface area contributed by atoms with Crippen LogP contribution in [-0.2, 0) is 14.5 Å². The Bertz CT molecular complexity index is 246. The summed E-state index contributed by atoms with van der Waals surface area (Å²) in [4.78, 5) is 10.7. The van der Waals surface area contributed by atoms with Gasteiger partial charge in [-0.2, -0.15) is 8.42 Å². The molecule has 0 aromatic carbocycles. The average Bonchev–Trinajstić information content (AvgIpc) is 1.84. The van der Waals surface area contributed by atoms with Gasteiger partial charge in [0, 0.05) is 6.04 Å². The number of carbonyl (C=O) groups is 1. The van der Waals surface area contributed by atoms with Gasteiger partial charge in [-0.25, -0.2) is 9.52 Å². The van der Waals surface area contributed by atoms with Crippen molar-refractivity contribution in [3.05, 3.63) is 0 Å². The number of hydrogen-bond donors (Lipinski definition) is 2. The van der Waals surface area contributed by atoms with Crippen molar-refractivity contribution in [2.75, 3.05) is 7.11 Å². The van der Waals surface area contributed by atoms with Gasteiger partial charge in [0.15, 0.2) is 0 Å². The number of rotatable bonds is 3. The molecule has 0 saturated heterocycles. The summed E-state index contributed by atoms with van der Waals surface area (Å²) < 4.78 is 26.8. The molecule has 0 saturated carbocycles. The van der Waals surface area contributed by atoms with Crippen molar-refractivity contribution < 1.29 is 17.4 Å². The summed E-state index contributed by atoms with van der Waals surface area (Å²) in [5, 5.41) is 2.32. The van der Waals surface area contributed by atoms with Crippen LogP contribution in [0.3, 0.4) is 0 Å². The standard InChI is InChI=1S/C5H12N2O4S/c1-4(2)6-5(8)7-12(9,10)11-3/h4H,1-3H3,(H2,6,7,8). The monoisotopic (exact) mass is 196 g/mol. The quantitative estimate of drug-likeness (QED) is 0.642. The zero-order valence-corrected chi connectivity index (χ0v) is 7.94. The molecule has 0 aliphatic heterocycles. The van der Waals surface area contributed by atoms with Gasteiger partial charge in [0.25, 0.3) is 0 Å². The predicted molar refractivity (Wildman–Crippen MR) is 42.7 cm³/mol. The van der Waals surface area contributed by atoms with Crippen molar-refractivity contribution in [3.63, 3.8) is 0 Å². The van der Waals surface area contributed by atoms with Gasteiger partial charge in [0.2, 0.25) is 0 Å². The van der Waals surface area contributed by atoms with Gasteiger partial charge in [-0.1, -0.05) is 0 Å². The molecule has 0 aromatic rings. The zero-order chi connectivity index (χ0) is 9.78. The Morgan fingerprint density at radius 1 is 1.42 bits per heavy atom. The molecular formula is C5H12N2O4S. The molecule has 72 valence electrons. The first-order valence-electron chi connectivity index (χ1n) is 3.26. The van der Waals surface area contributed by atoms with Crippen molar-refractivity contribution in [1.82, 2.24) is 10.0 Å². The second-order valence-electron chi connectivity index (χ2n) is 2.35. The molecule has 0 radical (unpaired) electrons. The van der Waals surface area contributed by atoms with Gasteiger partial charge in [-0.3, -0.25) is 4.18 Å². The molecule has 0 rings (SSSR count). The van der Waals surface area contributed by atoms with E-state index >= 15 is 0 Å². The summed E-state index contributed by atoms with van der Waals surface area (Å²) in [5.74, 6) is 0. The lowest BCUT2D eigenvalue weighted by Gasteiger charge is -2.08. The largest absolute Gasteiger partial charge is 0.363 e. The molecule has 2 amide bonds. The predicted octanol–water partition coefficient (Wildman–Crippen LogP) is -0.415. The summed E-state index contributed by atoms with van der Waals surface area (Å²) in [6.07, 6.45) is 0. The fourth-order valence-electron chi connectivity index (χ4n) is 0.447. The van der Waals surface area contributed by atoms with Gasteiger partial charge in [0.05, 0.1) is 7.11 Å². The van der Waals surface area contributed by atoms with Crippen LogP contribution in [0.4, 0.5) is 4.79 Å². The van der Waals surface area contributed by atoms with Crippen molar-refractivity contribution >= 4 is 16.3 Å². The van der Waals surface area contributed by atoms with Gasteiger partial charge in [-0.15, -0.1) is 0 Å². The van der Waals surface area contributed by atoms with Crippen LogP contribution >= 0.6 is 0 Å². The first-order valence-corrected chi connectivity index (χ1v) is 4.67. The Hall–Kier alpha value is -0.820. The normalized spacial score (nSPS) is 11.3. The SMILES string of the molecule is COS(=O)(=O)NC(=O)NC(C)C. The molecule has 0 bridgehead atoms. The number of carbonyl (C=O) groups excluding carboxylic acids is 1. The Morgan fingerprint density at radius 3 is 2.25 bits per heavy atom. The van der Waals surface area contributed by atoms with Gasteiger partial charge >= 0.3 is 16.3 Å². The lowest BCUT2D eigenvalue weighted by atomic mass is 10.4. The van der Waals surface area contributed by atoms with E-state index in [1.165, 1.54) is 0 Å². The van der Waals surface area contributed by atoms with Crippen molar-refractivity contribution in [2.24, 2.45) is 0 Å². The molecule has 12 heavy (non-hydrogen) atoms. The second kappa shape index (κ2) is 4.27. The third-order valence-electron chi connectivity index (χ3n) is 0.857. The highest BCUT2D eigenvalue weighted by Crippen LogP contribution is 1.83. The molecular weight excluding hydrogens is 184 g/mol. The minimum absolute atomic E-state index is 0.128. The van der Waals surface area contributed by atoms with Crippen molar-refractivity contribution in [1.29, 1.82) is 0 Å². The summed E-state index contributed by atoms with van der Waals surface area (Å²) in [7, 11) is -2.96. The highest BCUT2D eigenvalue weighted by molar-refractivity contribution is 7.85. The Balaban J connectivity index is 4.02. The van der Waals surface area contributed by atoms with Crippen LogP contribution in [-0.4, -0.2) is 27.6 Å². The van der Waals surface area contributed by atoms with E-state index in [0.717, 1.165) is 7.11 Å². The van der Waals surface area contributed by atoms with Crippen LogP contribution in [0, 0.1) is 0 Å². The van der Waals surface area contributed by atoms with Crippen LogP contribution in [0.1, 0.15) is 13.8 Å². The minimum Gasteiger partial charge on any atom is -0.335 e. The molecule has 0 aliphatic rings. The van der Waals surface area contributed by atoms with Crippen LogP contribution in [0.15, 0.2) is 0 Å². The van der Waals surface area contributed by atoms with Crippen molar-refractivity contribution in [3.8, 4) is 0 Å². The van der Waals surface area contributed by atoms with E-state index in [2.05, 4.69) is 9.50 Å². The molecule has 6 nitrogen and oxygen atoms in total. The lowest BCUT2D eigenvalue weighted by Crippen LogP contribution is -2.42. The minimum atomic E-state index is -3.93. The maximum absolute atomic E-state index is 10.7. The number of urea groups is 1. The van der Waals surface area contributed by atoms with E-state index in [-0.39, 0.29) is 6.04 Å². The number of hydrogen-bond acceptors (Lipinski definition) is 4. The lowest BCUT2D eigenvalue weighted by molar-refractivity contribution is 0.242. The van der Waals surface area contributed by atoms with Crippen LogP contribution in [0.2, 0.25) is 0 Å². The van der Waals surface area contributed by atoms with Crippen molar-refractivity contribution in [2.45, 2.75) is 19.9 Å². The highest BCUT2D eigenvalue weighted by Gasteiger charge is 2.12. The first kappa shape index (κ1) is 11.2. The van der Waals surface area contributed by atoms with E-state index in [1.54, 1.807) is 18.6 Å². The van der Waals surface area contributed by atoms with E-state index in [9.17, 15) is 13.2 Å². The fraction of sp³-hybridized carbons (Fsp3) is 0.800. The molecule has 0 spiro atoms. The fourth-order valence-corrected chi connectivity index (χ4v) is 0.816. The maximum Gasteiger partial charge on any atom is 0.363 e. The summed E-state index contributed by atoms with van der Waals surface area (Å²) >= 11 is 0. The Morgan fingerprint density at radius 2 is 1.92 bits per heavy atom. The number of nitrogens with one attached hydrogen (secondary N) is 2. The molecule has 7 heteroatoms. The second-order valence-corrected chi connectivity index (χ2v) is 3.80. The zero-order valence-electron chi connectivity index (χ0n) is 7.12. The van der Waals surface area contributed by atoms with Crippen LogP contribution < -0.4 is 10.0 Å². The van der Waals surface area contributed by atoms with E-state index in [0.29, 0.717) is 0 Å². The average molecular weight is 196 g/mol. The Labute approximate surface area is 71.5 Å². The first-order chi connectivity index (χ1) is 5.37. The van der Waals surface area contributed by atoms with E-state index in [1.807, 2.05) is 0 Å². The maximum atomic E-state index is 10.7. The van der Waals surface area contributed by atoms with E-state index < -0.39 is 16.3 Å². The Kier molecular flexibility index (Phi) is 3.98. The molecule has 0 fully saturated rings. The topological polar surface area (TPSA) is 84.5 Å². The molecule has 0 aliphatic carbocycles.